The molecule has 1 amide bonds. The highest BCUT2D eigenvalue weighted by Gasteiger charge is 2.10. The maximum absolute atomic E-state index is 12.0. The standard InChI is InChI=1S/C21H27N3OS/c1-16-19(14-18-10-6-3-7-11-18)24-21(23-16)26-15-20(25)22-13-12-17-8-4-2-5-9-17/h3,6-8,10-11H,2,4-5,9,12-15H2,1H3,(H,22,25)(H,23,24). The van der Waals surface area contributed by atoms with Crippen LogP contribution in [0.3, 0.4) is 0 Å². The van der Waals surface area contributed by atoms with Crippen LogP contribution >= 0.6 is 11.8 Å². The summed E-state index contributed by atoms with van der Waals surface area (Å²) in [5.74, 6) is 0.474. The van der Waals surface area contributed by atoms with E-state index in [1.54, 1.807) is 0 Å². The first kappa shape index (κ1) is 18.8. The Morgan fingerprint density at radius 2 is 2.12 bits per heavy atom. The smallest absolute Gasteiger partial charge is 0.230 e. The van der Waals surface area contributed by atoms with Crippen LogP contribution in [-0.2, 0) is 11.2 Å². The molecule has 5 heteroatoms. The van der Waals surface area contributed by atoms with Gasteiger partial charge in [0.15, 0.2) is 5.16 Å². The van der Waals surface area contributed by atoms with Crippen molar-refractivity contribution in [1.82, 2.24) is 15.3 Å². The molecule has 1 aromatic carbocycles. The maximum Gasteiger partial charge on any atom is 0.230 e. The van der Waals surface area contributed by atoms with Gasteiger partial charge in [0.1, 0.15) is 0 Å². The van der Waals surface area contributed by atoms with E-state index in [9.17, 15) is 4.79 Å². The Bertz CT molecular complexity index is 752. The van der Waals surface area contributed by atoms with Gasteiger partial charge in [0, 0.05) is 18.7 Å². The third-order valence-electron chi connectivity index (χ3n) is 4.67. The van der Waals surface area contributed by atoms with E-state index < -0.39 is 0 Å². The third-order valence-corrected chi connectivity index (χ3v) is 5.54. The number of thioether (sulfide) groups is 1. The minimum Gasteiger partial charge on any atom is -0.355 e. The van der Waals surface area contributed by atoms with Crippen LogP contribution in [-0.4, -0.2) is 28.2 Å². The van der Waals surface area contributed by atoms with Crippen LogP contribution in [0.25, 0.3) is 0 Å². The Morgan fingerprint density at radius 1 is 1.27 bits per heavy atom. The van der Waals surface area contributed by atoms with Crippen LogP contribution in [0, 0.1) is 6.92 Å². The monoisotopic (exact) mass is 369 g/mol. The molecule has 1 aliphatic rings. The molecule has 0 aliphatic heterocycles. The van der Waals surface area contributed by atoms with Crippen LogP contribution in [0.2, 0.25) is 0 Å². The molecular weight excluding hydrogens is 342 g/mol. The molecule has 0 bridgehead atoms. The van der Waals surface area contributed by atoms with Gasteiger partial charge in [-0.05, 0) is 44.6 Å². The predicted octanol–water partition coefficient (Wildman–Crippen LogP) is 4.41. The molecule has 0 radical (unpaired) electrons. The Morgan fingerprint density at radius 3 is 2.88 bits per heavy atom. The summed E-state index contributed by atoms with van der Waals surface area (Å²) in [7, 11) is 0. The van der Waals surface area contributed by atoms with Gasteiger partial charge in [-0.15, -0.1) is 0 Å². The molecule has 26 heavy (non-hydrogen) atoms. The number of nitrogens with zero attached hydrogens (tertiary/aromatic N) is 1. The van der Waals surface area contributed by atoms with E-state index in [-0.39, 0.29) is 5.91 Å². The number of H-pyrrole nitrogens is 1. The Labute approximate surface area is 159 Å². The molecule has 0 saturated carbocycles. The summed E-state index contributed by atoms with van der Waals surface area (Å²) < 4.78 is 0. The average molecular weight is 370 g/mol. The molecule has 0 spiro atoms. The van der Waals surface area contributed by atoms with Crippen molar-refractivity contribution in [2.75, 3.05) is 12.3 Å². The highest BCUT2D eigenvalue weighted by molar-refractivity contribution is 7.99. The Kier molecular flexibility index (Phi) is 6.95. The topological polar surface area (TPSA) is 57.8 Å². The average Bonchev–Trinajstić information content (AvgIpc) is 3.01. The van der Waals surface area contributed by atoms with Crippen LogP contribution in [0.15, 0.2) is 47.1 Å². The number of hydrogen-bond acceptors (Lipinski definition) is 3. The first-order chi connectivity index (χ1) is 12.7. The summed E-state index contributed by atoms with van der Waals surface area (Å²) in [6.07, 6.45) is 9.12. The van der Waals surface area contributed by atoms with E-state index in [4.69, 9.17) is 0 Å². The molecule has 4 nitrogen and oxygen atoms in total. The van der Waals surface area contributed by atoms with Crippen molar-refractivity contribution in [3.05, 3.63) is 58.9 Å². The minimum absolute atomic E-state index is 0.0741. The molecule has 2 N–H and O–H groups in total. The van der Waals surface area contributed by atoms with Crippen molar-refractivity contribution in [2.24, 2.45) is 0 Å². The van der Waals surface area contributed by atoms with Crippen molar-refractivity contribution < 1.29 is 4.79 Å². The second-order valence-corrected chi connectivity index (χ2v) is 7.74. The molecule has 1 aromatic heterocycles. The zero-order valence-electron chi connectivity index (χ0n) is 15.4. The number of amides is 1. The van der Waals surface area contributed by atoms with Gasteiger partial charge in [0.05, 0.1) is 11.4 Å². The summed E-state index contributed by atoms with van der Waals surface area (Å²) in [5.41, 5.74) is 4.86. The number of benzene rings is 1. The summed E-state index contributed by atoms with van der Waals surface area (Å²) in [4.78, 5) is 20.0. The van der Waals surface area contributed by atoms with Crippen molar-refractivity contribution in [2.45, 2.75) is 50.6 Å². The lowest BCUT2D eigenvalue weighted by Crippen LogP contribution is -2.26. The van der Waals surface area contributed by atoms with Gasteiger partial charge in [-0.25, -0.2) is 4.98 Å². The van der Waals surface area contributed by atoms with E-state index in [1.807, 2.05) is 25.1 Å². The highest BCUT2D eigenvalue weighted by atomic mass is 32.2. The fraction of sp³-hybridized carbons (Fsp3) is 0.429. The molecule has 0 atom stereocenters. The number of rotatable bonds is 8. The summed E-state index contributed by atoms with van der Waals surface area (Å²) in [6, 6.07) is 10.3. The lowest BCUT2D eigenvalue weighted by molar-refractivity contribution is -0.118. The summed E-state index contributed by atoms with van der Waals surface area (Å²) >= 11 is 1.47. The van der Waals surface area contributed by atoms with Crippen LogP contribution in [0.4, 0.5) is 0 Å². The van der Waals surface area contributed by atoms with Gasteiger partial charge in [0.25, 0.3) is 0 Å². The number of allylic oxidation sites excluding steroid dienone is 1. The normalized spacial score (nSPS) is 14.1. The minimum atomic E-state index is 0.0741. The fourth-order valence-electron chi connectivity index (χ4n) is 3.18. The van der Waals surface area contributed by atoms with E-state index >= 15 is 0 Å². The first-order valence-electron chi connectivity index (χ1n) is 9.37. The van der Waals surface area contributed by atoms with Crippen LogP contribution < -0.4 is 5.32 Å². The molecule has 1 aliphatic carbocycles. The number of carbonyl (C=O) groups is 1. The molecule has 138 valence electrons. The molecule has 0 fully saturated rings. The second-order valence-electron chi connectivity index (χ2n) is 6.77. The van der Waals surface area contributed by atoms with Crippen molar-refractivity contribution in [3.8, 4) is 0 Å². The van der Waals surface area contributed by atoms with Crippen molar-refractivity contribution >= 4 is 17.7 Å². The lowest BCUT2D eigenvalue weighted by atomic mass is 9.97. The van der Waals surface area contributed by atoms with Crippen LogP contribution in [0.5, 0.6) is 0 Å². The lowest BCUT2D eigenvalue weighted by Gasteiger charge is -2.12. The summed E-state index contributed by atoms with van der Waals surface area (Å²) in [5, 5.41) is 3.84. The van der Waals surface area contributed by atoms with E-state index in [0.29, 0.717) is 5.75 Å². The fourth-order valence-corrected chi connectivity index (χ4v) is 3.95. The third kappa shape index (κ3) is 5.77. The van der Waals surface area contributed by atoms with Crippen LogP contribution in [0.1, 0.15) is 49.1 Å². The van der Waals surface area contributed by atoms with Gasteiger partial charge in [-0.2, -0.15) is 0 Å². The molecule has 1 heterocycles. The zero-order chi connectivity index (χ0) is 18.2. The SMILES string of the molecule is Cc1[nH]c(SCC(=O)NCCC2=CCCCC2)nc1Cc1ccccc1. The number of nitrogens with one attached hydrogen (secondary N) is 2. The van der Waals surface area contributed by atoms with Gasteiger partial charge in [-0.1, -0.05) is 53.7 Å². The Hall–Kier alpha value is -2.01. The maximum atomic E-state index is 12.0. The second kappa shape index (κ2) is 9.62. The number of hydrogen-bond donors (Lipinski definition) is 2. The number of aromatic amines is 1. The number of carbonyl (C=O) groups excluding carboxylic acids is 1. The van der Waals surface area contributed by atoms with Gasteiger partial charge in [0.2, 0.25) is 5.91 Å². The number of imidazole rings is 1. The number of aryl methyl sites for hydroxylation is 1. The Balaban J connectivity index is 1.42. The first-order valence-corrected chi connectivity index (χ1v) is 10.4. The highest BCUT2D eigenvalue weighted by Crippen LogP contribution is 2.20. The molecule has 3 rings (SSSR count). The molecular formula is C21H27N3OS. The molecule has 0 saturated heterocycles. The summed E-state index contributed by atoms with van der Waals surface area (Å²) in [6.45, 7) is 2.77. The predicted molar refractivity (Wildman–Crippen MR) is 107 cm³/mol. The van der Waals surface area contributed by atoms with Crippen molar-refractivity contribution in [1.29, 1.82) is 0 Å². The van der Waals surface area contributed by atoms with Gasteiger partial charge >= 0.3 is 0 Å². The van der Waals surface area contributed by atoms with Gasteiger partial charge < -0.3 is 10.3 Å². The van der Waals surface area contributed by atoms with E-state index in [2.05, 4.69) is 33.5 Å². The van der Waals surface area contributed by atoms with Gasteiger partial charge in [-0.3, -0.25) is 4.79 Å². The largest absolute Gasteiger partial charge is 0.355 e. The number of aromatic nitrogens is 2. The molecule has 2 aromatic rings. The van der Waals surface area contributed by atoms with E-state index in [0.717, 1.165) is 35.9 Å². The van der Waals surface area contributed by atoms with E-state index in [1.165, 1.54) is 48.6 Å². The quantitative estimate of drug-likeness (QED) is 0.535. The zero-order valence-corrected chi connectivity index (χ0v) is 16.2. The van der Waals surface area contributed by atoms with Crippen molar-refractivity contribution in [3.63, 3.8) is 0 Å². The molecule has 0 unspecified atom stereocenters.